The molecule has 0 spiro atoms. The number of hydrogen-bond donors (Lipinski definition) is 2. The molecule has 0 radical (unpaired) electrons. The Kier molecular flexibility index (Phi) is 3.80. The zero-order valence-electron chi connectivity index (χ0n) is 10.9. The minimum atomic E-state index is -0.309. The summed E-state index contributed by atoms with van der Waals surface area (Å²) in [6, 6.07) is 3.65. The van der Waals surface area contributed by atoms with Crippen molar-refractivity contribution in [1.82, 2.24) is 4.90 Å². The van der Waals surface area contributed by atoms with Gasteiger partial charge in [0.05, 0.1) is 17.3 Å². The lowest BCUT2D eigenvalue weighted by atomic mass is 10.1. The second-order valence-electron chi connectivity index (χ2n) is 4.85. The van der Waals surface area contributed by atoms with E-state index in [2.05, 4.69) is 21.2 Å². The largest absolute Gasteiger partial charge is 0.397 e. The molecule has 1 aromatic rings. The first kappa shape index (κ1) is 13.9. The van der Waals surface area contributed by atoms with E-state index in [-0.39, 0.29) is 24.2 Å². The summed E-state index contributed by atoms with van der Waals surface area (Å²) < 4.78 is 0.856. The van der Waals surface area contributed by atoms with Crippen molar-refractivity contribution in [3.8, 4) is 0 Å². The molecule has 2 amide bonds. The first-order valence-electron chi connectivity index (χ1n) is 5.99. The summed E-state index contributed by atoms with van der Waals surface area (Å²) in [5.41, 5.74) is 7.97. The lowest BCUT2D eigenvalue weighted by Crippen LogP contribution is -2.26. The lowest BCUT2D eigenvalue weighted by Gasteiger charge is -2.14. The van der Waals surface area contributed by atoms with Gasteiger partial charge in [0.15, 0.2) is 0 Å². The number of nitrogens with zero attached hydrogens (tertiary/aromatic N) is 1. The second kappa shape index (κ2) is 5.21. The van der Waals surface area contributed by atoms with Crippen molar-refractivity contribution in [3.63, 3.8) is 0 Å². The van der Waals surface area contributed by atoms with Crippen LogP contribution in [0.1, 0.15) is 12.0 Å². The molecule has 1 aliphatic rings. The van der Waals surface area contributed by atoms with Gasteiger partial charge in [-0.3, -0.25) is 9.59 Å². The molecule has 3 N–H and O–H groups in total. The van der Waals surface area contributed by atoms with Crippen molar-refractivity contribution in [1.29, 1.82) is 0 Å². The van der Waals surface area contributed by atoms with Gasteiger partial charge in [0.25, 0.3) is 0 Å². The van der Waals surface area contributed by atoms with Crippen LogP contribution in [-0.2, 0) is 9.59 Å². The summed E-state index contributed by atoms with van der Waals surface area (Å²) in [6.07, 6.45) is 0.259. The fourth-order valence-electron chi connectivity index (χ4n) is 2.13. The van der Waals surface area contributed by atoms with Gasteiger partial charge in [0, 0.05) is 24.5 Å². The molecular formula is C13H16BrN3O2. The summed E-state index contributed by atoms with van der Waals surface area (Å²) in [4.78, 5) is 25.1. The number of hydrogen-bond acceptors (Lipinski definition) is 3. The number of aryl methyl sites for hydroxylation is 1. The normalized spacial score (nSPS) is 18.8. The van der Waals surface area contributed by atoms with Gasteiger partial charge in [-0.15, -0.1) is 0 Å². The Morgan fingerprint density at radius 2 is 2.21 bits per heavy atom. The monoisotopic (exact) mass is 325 g/mol. The topological polar surface area (TPSA) is 75.4 Å². The minimum absolute atomic E-state index is 0.00135. The Balaban J connectivity index is 2.14. The highest BCUT2D eigenvalue weighted by molar-refractivity contribution is 9.10. The number of carbonyl (C=O) groups excluding carboxylic acids is 2. The zero-order valence-corrected chi connectivity index (χ0v) is 12.5. The average molecular weight is 326 g/mol. The SMILES string of the molecule is Cc1cc(Br)cc(NC(=O)C2CC(=O)N(C)C2)c1N. The number of nitrogen functional groups attached to an aromatic ring is 1. The Bertz CT molecular complexity index is 545. The number of benzene rings is 1. The molecule has 0 bridgehead atoms. The molecule has 5 nitrogen and oxygen atoms in total. The number of likely N-dealkylation sites (tertiary alicyclic amines) is 1. The number of rotatable bonds is 2. The molecular weight excluding hydrogens is 310 g/mol. The van der Waals surface area contributed by atoms with Gasteiger partial charge in [0.2, 0.25) is 11.8 Å². The van der Waals surface area contributed by atoms with E-state index >= 15 is 0 Å². The van der Waals surface area contributed by atoms with Gasteiger partial charge in [-0.2, -0.15) is 0 Å². The Morgan fingerprint density at radius 1 is 1.53 bits per heavy atom. The van der Waals surface area contributed by atoms with E-state index in [9.17, 15) is 9.59 Å². The van der Waals surface area contributed by atoms with Crippen LogP contribution in [0, 0.1) is 12.8 Å². The fourth-order valence-corrected chi connectivity index (χ4v) is 2.70. The van der Waals surface area contributed by atoms with Crippen LogP contribution in [0.5, 0.6) is 0 Å². The Hall–Kier alpha value is -1.56. The first-order chi connectivity index (χ1) is 8.88. The molecule has 6 heteroatoms. The standard InChI is InChI=1S/C13H16BrN3O2/c1-7-3-9(14)5-10(12(7)15)16-13(19)8-4-11(18)17(2)6-8/h3,5,8H,4,6,15H2,1-2H3,(H,16,19). The van der Waals surface area contributed by atoms with E-state index < -0.39 is 0 Å². The molecule has 0 aromatic heterocycles. The van der Waals surface area contributed by atoms with Gasteiger partial charge in [-0.1, -0.05) is 15.9 Å². The third kappa shape index (κ3) is 2.89. The highest BCUT2D eigenvalue weighted by atomic mass is 79.9. The molecule has 1 unspecified atom stereocenters. The van der Waals surface area contributed by atoms with Crippen molar-refractivity contribution in [2.45, 2.75) is 13.3 Å². The summed E-state index contributed by atoms with van der Waals surface area (Å²) >= 11 is 3.37. The smallest absolute Gasteiger partial charge is 0.229 e. The molecule has 1 aromatic carbocycles. The van der Waals surface area contributed by atoms with E-state index in [1.807, 2.05) is 13.0 Å². The molecule has 102 valence electrons. The fraction of sp³-hybridized carbons (Fsp3) is 0.385. The highest BCUT2D eigenvalue weighted by Gasteiger charge is 2.32. The molecule has 2 rings (SSSR count). The summed E-state index contributed by atoms with van der Waals surface area (Å²) in [6.45, 7) is 2.33. The number of halogens is 1. The second-order valence-corrected chi connectivity index (χ2v) is 5.76. The molecule has 1 fully saturated rings. The van der Waals surface area contributed by atoms with E-state index in [1.165, 1.54) is 0 Å². The molecule has 0 saturated carbocycles. The number of nitrogens with two attached hydrogens (primary N) is 1. The van der Waals surface area contributed by atoms with Crippen molar-refractivity contribution in [2.75, 3.05) is 24.6 Å². The summed E-state index contributed by atoms with van der Waals surface area (Å²) in [5, 5.41) is 2.80. The van der Waals surface area contributed by atoms with E-state index in [0.29, 0.717) is 17.9 Å². The van der Waals surface area contributed by atoms with Crippen LogP contribution in [0.25, 0.3) is 0 Å². The average Bonchev–Trinajstić information content (AvgIpc) is 2.66. The maximum Gasteiger partial charge on any atom is 0.229 e. The molecule has 0 aliphatic carbocycles. The van der Waals surface area contributed by atoms with E-state index in [1.54, 1.807) is 18.0 Å². The van der Waals surface area contributed by atoms with E-state index in [4.69, 9.17) is 5.73 Å². The van der Waals surface area contributed by atoms with Gasteiger partial charge >= 0.3 is 0 Å². The number of anilines is 2. The summed E-state index contributed by atoms with van der Waals surface area (Å²) in [5.74, 6) is -0.475. The van der Waals surface area contributed by atoms with Crippen LogP contribution < -0.4 is 11.1 Å². The van der Waals surface area contributed by atoms with Crippen LogP contribution in [0.4, 0.5) is 11.4 Å². The van der Waals surface area contributed by atoms with Crippen LogP contribution in [0.15, 0.2) is 16.6 Å². The maximum atomic E-state index is 12.1. The number of carbonyl (C=O) groups is 2. The third-order valence-corrected chi connectivity index (χ3v) is 3.78. The molecule has 1 atom stereocenters. The van der Waals surface area contributed by atoms with Crippen LogP contribution >= 0.6 is 15.9 Å². The third-order valence-electron chi connectivity index (χ3n) is 3.32. The molecule has 1 aliphatic heterocycles. The predicted molar refractivity (Wildman–Crippen MR) is 77.7 cm³/mol. The van der Waals surface area contributed by atoms with Crippen LogP contribution in [0.3, 0.4) is 0 Å². The number of nitrogens with one attached hydrogen (secondary N) is 1. The molecule has 1 heterocycles. The van der Waals surface area contributed by atoms with Gasteiger partial charge in [-0.05, 0) is 24.6 Å². The predicted octanol–water partition coefficient (Wildman–Crippen LogP) is 1.76. The van der Waals surface area contributed by atoms with Gasteiger partial charge in [-0.25, -0.2) is 0 Å². The molecule has 1 saturated heterocycles. The van der Waals surface area contributed by atoms with Crippen molar-refractivity contribution in [3.05, 3.63) is 22.2 Å². The van der Waals surface area contributed by atoms with Crippen LogP contribution in [0.2, 0.25) is 0 Å². The van der Waals surface area contributed by atoms with Gasteiger partial charge < -0.3 is 16.0 Å². The quantitative estimate of drug-likeness (QED) is 0.813. The summed E-state index contributed by atoms with van der Waals surface area (Å²) in [7, 11) is 1.70. The highest BCUT2D eigenvalue weighted by Crippen LogP contribution is 2.28. The minimum Gasteiger partial charge on any atom is -0.397 e. The Morgan fingerprint density at radius 3 is 2.79 bits per heavy atom. The first-order valence-corrected chi connectivity index (χ1v) is 6.78. The Labute approximate surface area is 120 Å². The van der Waals surface area contributed by atoms with Crippen molar-refractivity contribution < 1.29 is 9.59 Å². The zero-order chi connectivity index (χ0) is 14.2. The molecule has 19 heavy (non-hydrogen) atoms. The number of amides is 2. The van der Waals surface area contributed by atoms with E-state index in [0.717, 1.165) is 10.0 Å². The van der Waals surface area contributed by atoms with Crippen LogP contribution in [-0.4, -0.2) is 30.3 Å². The van der Waals surface area contributed by atoms with Crippen molar-refractivity contribution in [2.24, 2.45) is 5.92 Å². The maximum absolute atomic E-state index is 12.1. The van der Waals surface area contributed by atoms with Gasteiger partial charge in [0.1, 0.15) is 0 Å². The lowest BCUT2D eigenvalue weighted by molar-refractivity contribution is -0.127. The van der Waals surface area contributed by atoms with Crippen molar-refractivity contribution >= 4 is 39.1 Å².